The zero-order valence-corrected chi connectivity index (χ0v) is 22.4. The van der Waals surface area contributed by atoms with Crippen LogP contribution in [0.25, 0.3) is 0 Å². The highest BCUT2D eigenvalue weighted by Gasteiger charge is 2.38. The van der Waals surface area contributed by atoms with Crippen LogP contribution >= 0.6 is 24.8 Å². The predicted octanol–water partition coefficient (Wildman–Crippen LogP) is 6.02. The molecule has 0 N–H and O–H groups in total. The number of halogens is 3. The van der Waals surface area contributed by atoms with Crippen LogP contribution in [0.3, 0.4) is 0 Å². The normalized spacial score (nSPS) is 19.2. The van der Waals surface area contributed by atoms with Crippen LogP contribution in [0.5, 0.6) is 11.5 Å². The van der Waals surface area contributed by atoms with E-state index in [1.807, 2.05) is 24.3 Å². The number of methoxy groups -OCH3 is 2. The molecule has 2 atom stereocenters. The van der Waals surface area contributed by atoms with Crippen LogP contribution in [-0.4, -0.2) is 56.2 Å². The Morgan fingerprint density at radius 2 is 1.49 bits per heavy atom. The fourth-order valence-electron chi connectivity index (χ4n) is 4.92. The Bertz CT molecular complexity index is 1070. The van der Waals surface area contributed by atoms with Gasteiger partial charge in [-0.3, -0.25) is 9.80 Å². The van der Waals surface area contributed by atoms with Crippen molar-refractivity contribution in [2.75, 3.05) is 40.9 Å². The van der Waals surface area contributed by atoms with Crippen molar-refractivity contribution < 1.29 is 13.9 Å². The van der Waals surface area contributed by atoms with Crippen molar-refractivity contribution in [3.8, 4) is 11.5 Å². The maximum Gasteiger partial charge on any atom is 0.160 e. The highest BCUT2D eigenvalue weighted by atomic mass is 35.5. The molecule has 0 aromatic heterocycles. The Balaban J connectivity index is 0.00000216. The van der Waals surface area contributed by atoms with E-state index >= 15 is 0 Å². The second kappa shape index (κ2) is 12.6. The maximum absolute atomic E-state index is 13.7. The number of likely N-dealkylation sites (N-methyl/N-ethyl adjacent to an activating group) is 1. The van der Waals surface area contributed by atoms with Gasteiger partial charge in [-0.25, -0.2) is 4.39 Å². The number of piperazine rings is 1. The van der Waals surface area contributed by atoms with Crippen molar-refractivity contribution in [2.45, 2.75) is 24.9 Å². The molecule has 1 aliphatic rings. The molecule has 0 spiro atoms. The molecule has 7 heteroatoms. The highest BCUT2D eigenvalue weighted by molar-refractivity contribution is 5.85. The summed E-state index contributed by atoms with van der Waals surface area (Å²) in [5.41, 5.74) is 3.47. The molecule has 2 unspecified atom stereocenters. The monoisotopic (exact) mass is 520 g/mol. The largest absolute Gasteiger partial charge is 0.493 e. The Morgan fingerprint density at radius 1 is 0.857 bits per heavy atom. The van der Waals surface area contributed by atoms with E-state index in [0.29, 0.717) is 0 Å². The Hall–Kier alpha value is -2.31. The molecule has 0 bridgehead atoms. The average Bonchev–Trinajstić information content (AvgIpc) is 2.83. The summed E-state index contributed by atoms with van der Waals surface area (Å²) in [4.78, 5) is 4.98. The molecule has 190 valence electrons. The first-order valence-electron chi connectivity index (χ1n) is 11.4. The molecule has 1 heterocycles. The molecule has 1 aliphatic heterocycles. The molecule has 0 radical (unpaired) electrons. The zero-order chi connectivity index (χ0) is 23.4. The number of nitrogens with zero attached hydrogens (tertiary/aromatic N) is 2. The third-order valence-corrected chi connectivity index (χ3v) is 6.89. The van der Waals surface area contributed by atoms with Crippen LogP contribution < -0.4 is 9.47 Å². The Labute approximate surface area is 220 Å². The van der Waals surface area contributed by atoms with Crippen LogP contribution in [-0.2, 0) is 6.42 Å². The molecule has 0 aliphatic carbocycles. The van der Waals surface area contributed by atoms with Gasteiger partial charge in [-0.15, -0.1) is 24.8 Å². The van der Waals surface area contributed by atoms with E-state index in [-0.39, 0.29) is 42.2 Å². The molecule has 0 amide bonds. The predicted molar refractivity (Wildman–Crippen MR) is 145 cm³/mol. The molecule has 0 saturated carbocycles. The molecule has 1 saturated heterocycles. The molecule has 4 rings (SSSR count). The topological polar surface area (TPSA) is 24.9 Å². The summed E-state index contributed by atoms with van der Waals surface area (Å²) in [6.45, 7) is 5.10. The third kappa shape index (κ3) is 6.47. The van der Waals surface area contributed by atoms with Crippen LogP contribution in [0.4, 0.5) is 4.39 Å². The lowest BCUT2D eigenvalue weighted by atomic mass is 9.86. The van der Waals surface area contributed by atoms with Crippen molar-refractivity contribution >= 4 is 24.8 Å². The van der Waals surface area contributed by atoms with Gasteiger partial charge in [0.05, 0.1) is 20.3 Å². The molecule has 1 fully saturated rings. The van der Waals surface area contributed by atoms with E-state index in [9.17, 15) is 4.39 Å². The summed E-state index contributed by atoms with van der Waals surface area (Å²) in [7, 11) is 5.53. The maximum atomic E-state index is 13.7. The lowest BCUT2D eigenvalue weighted by Gasteiger charge is -2.50. The van der Waals surface area contributed by atoms with Gasteiger partial charge in [-0.2, -0.15) is 0 Å². The molecular weight excluding hydrogens is 486 g/mol. The van der Waals surface area contributed by atoms with Crippen molar-refractivity contribution in [2.24, 2.45) is 0 Å². The lowest BCUT2D eigenvalue weighted by Crippen LogP contribution is -2.60. The third-order valence-electron chi connectivity index (χ3n) is 6.89. The summed E-state index contributed by atoms with van der Waals surface area (Å²) in [5.74, 6) is 1.29. The van der Waals surface area contributed by atoms with Gasteiger partial charge < -0.3 is 9.47 Å². The first-order chi connectivity index (χ1) is 15.9. The van der Waals surface area contributed by atoms with Crippen molar-refractivity contribution in [3.05, 3.63) is 95.3 Å². The SMILES string of the molecule is COc1ccc(CC2(C)CN(C(c3ccccc3)c3ccc(F)cc3)CCN2C)cc1OC.Cl.Cl. The zero-order valence-electron chi connectivity index (χ0n) is 20.7. The van der Waals surface area contributed by atoms with E-state index in [0.717, 1.165) is 43.1 Å². The first-order valence-corrected chi connectivity index (χ1v) is 11.4. The van der Waals surface area contributed by atoms with Gasteiger partial charge in [0.15, 0.2) is 11.5 Å². The van der Waals surface area contributed by atoms with Gasteiger partial charge in [0.1, 0.15) is 5.82 Å². The number of ether oxygens (including phenoxy) is 2. The van der Waals surface area contributed by atoms with Gasteiger partial charge in [-0.1, -0.05) is 48.5 Å². The van der Waals surface area contributed by atoms with Crippen molar-refractivity contribution in [3.63, 3.8) is 0 Å². The fraction of sp³-hybridized carbons (Fsp3) is 0.357. The minimum atomic E-state index is -0.206. The quantitative estimate of drug-likeness (QED) is 0.380. The molecule has 35 heavy (non-hydrogen) atoms. The van der Waals surface area contributed by atoms with Gasteiger partial charge in [0, 0.05) is 25.2 Å². The Kier molecular flexibility index (Phi) is 10.4. The summed E-state index contributed by atoms with van der Waals surface area (Å²) in [6.07, 6.45) is 0.880. The standard InChI is InChI=1S/C28H33FN2O2.2ClH/c1-28(19-21-10-15-25(32-3)26(18-21)33-4)20-31(17-16-30(28)2)27(22-8-6-5-7-9-22)23-11-13-24(29)14-12-23;;/h5-15,18,27H,16-17,19-20H2,1-4H3;2*1H. The summed E-state index contributed by atoms with van der Waals surface area (Å²) in [6, 6.07) is 23.7. The van der Waals surface area contributed by atoms with Crippen molar-refractivity contribution in [1.29, 1.82) is 0 Å². The lowest BCUT2D eigenvalue weighted by molar-refractivity contribution is 0.0133. The highest BCUT2D eigenvalue weighted by Crippen LogP contribution is 2.36. The fourth-order valence-corrected chi connectivity index (χ4v) is 4.92. The summed E-state index contributed by atoms with van der Waals surface area (Å²) < 4.78 is 24.6. The van der Waals surface area contributed by atoms with Gasteiger partial charge in [0.2, 0.25) is 0 Å². The molecular formula is C28H35Cl2FN2O2. The molecule has 3 aromatic rings. The van der Waals surface area contributed by atoms with Crippen LogP contribution in [0.15, 0.2) is 72.8 Å². The summed E-state index contributed by atoms with van der Waals surface area (Å²) in [5, 5.41) is 0. The second-order valence-corrected chi connectivity index (χ2v) is 9.12. The number of rotatable bonds is 7. The van der Waals surface area contributed by atoms with Crippen LogP contribution in [0.2, 0.25) is 0 Å². The minimum Gasteiger partial charge on any atom is -0.493 e. The minimum absolute atomic E-state index is 0. The molecule has 3 aromatic carbocycles. The van der Waals surface area contributed by atoms with E-state index in [1.54, 1.807) is 26.4 Å². The molecule has 4 nitrogen and oxygen atoms in total. The van der Waals surface area contributed by atoms with Gasteiger partial charge in [-0.05, 0) is 61.3 Å². The van der Waals surface area contributed by atoms with E-state index in [2.05, 4.69) is 60.2 Å². The average molecular weight is 522 g/mol. The first kappa shape index (κ1) is 28.9. The Morgan fingerprint density at radius 3 is 2.11 bits per heavy atom. The van der Waals surface area contributed by atoms with Crippen LogP contribution in [0, 0.1) is 5.82 Å². The summed E-state index contributed by atoms with van der Waals surface area (Å²) >= 11 is 0. The van der Waals surface area contributed by atoms with Gasteiger partial charge >= 0.3 is 0 Å². The second-order valence-electron chi connectivity index (χ2n) is 9.12. The van der Waals surface area contributed by atoms with E-state index < -0.39 is 0 Å². The smallest absolute Gasteiger partial charge is 0.160 e. The number of benzene rings is 3. The van der Waals surface area contributed by atoms with E-state index in [1.165, 1.54) is 11.1 Å². The van der Waals surface area contributed by atoms with Crippen molar-refractivity contribution in [1.82, 2.24) is 9.80 Å². The van der Waals surface area contributed by atoms with Gasteiger partial charge in [0.25, 0.3) is 0 Å². The number of hydrogen-bond acceptors (Lipinski definition) is 4. The number of hydrogen-bond donors (Lipinski definition) is 0. The van der Waals surface area contributed by atoms with E-state index in [4.69, 9.17) is 9.47 Å². The van der Waals surface area contributed by atoms with Crippen LogP contribution in [0.1, 0.15) is 29.7 Å².